The van der Waals surface area contributed by atoms with E-state index in [1.807, 2.05) is 12.1 Å². The van der Waals surface area contributed by atoms with Gasteiger partial charge in [0.05, 0.1) is 11.4 Å². The van der Waals surface area contributed by atoms with E-state index in [1.54, 1.807) is 5.57 Å². The van der Waals surface area contributed by atoms with Crippen molar-refractivity contribution in [3.05, 3.63) is 34.4 Å². The van der Waals surface area contributed by atoms with Crippen LogP contribution in [0.4, 0.5) is 11.4 Å². The van der Waals surface area contributed by atoms with Crippen LogP contribution in [0, 0.1) is 0 Å². The van der Waals surface area contributed by atoms with Crippen LogP contribution < -0.4 is 11.1 Å². The molecule has 1 saturated carbocycles. The van der Waals surface area contributed by atoms with E-state index >= 15 is 0 Å². The number of nitrogens with one attached hydrogen (secondary N) is 1. The third kappa shape index (κ3) is 3.19. The van der Waals surface area contributed by atoms with Gasteiger partial charge >= 0.3 is 0 Å². The summed E-state index contributed by atoms with van der Waals surface area (Å²) < 4.78 is 0. The van der Waals surface area contributed by atoms with E-state index in [-0.39, 0.29) is 0 Å². The first kappa shape index (κ1) is 14.7. The molecule has 3 nitrogen and oxygen atoms in total. The summed E-state index contributed by atoms with van der Waals surface area (Å²) >= 11 is 6.39. The van der Waals surface area contributed by atoms with E-state index in [2.05, 4.69) is 23.2 Å². The highest BCUT2D eigenvalue weighted by Crippen LogP contribution is 2.34. The largest absolute Gasteiger partial charge is 0.397 e. The molecule has 114 valence electrons. The summed E-state index contributed by atoms with van der Waals surface area (Å²) in [5.41, 5.74) is 10.7. The zero-order valence-corrected chi connectivity index (χ0v) is 13.4. The molecule has 1 fully saturated rings. The van der Waals surface area contributed by atoms with E-state index in [0.29, 0.717) is 6.04 Å². The molecular formula is C17H24ClN3. The fourth-order valence-corrected chi connectivity index (χ4v) is 3.48. The zero-order chi connectivity index (χ0) is 14.8. The highest BCUT2D eigenvalue weighted by Gasteiger charge is 2.22. The molecule has 1 aliphatic carbocycles. The summed E-state index contributed by atoms with van der Waals surface area (Å²) in [6, 6.07) is 4.25. The van der Waals surface area contributed by atoms with Crippen molar-refractivity contribution in [3.8, 4) is 0 Å². The van der Waals surface area contributed by atoms with Gasteiger partial charge in [-0.25, -0.2) is 0 Å². The van der Waals surface area contributed by atoms with E-state index in [9.17, 15) is 0 Å². The Morgan fingerprint density at radius 3 is 2.90 bits per heavy atom. The lowest BCUT2D eigenvalue weighted by molar-refractivity contribution is 0.236. The number of halogens is 1. The molecule has 0 saturated heterocycles. The number of hydrogen-bond donors (Lipinski definition) is 2. The lowest BCUT2D eigenvalue weighted by Crippen LogP contribution is -2.35. The second-order valence-corrected chi connectivity index (χ2v) is 6.63. The average Bonchev–Trinajstić information content (AvgIpc) is 2.92. The highest BCUT2D eigenvalue weighted by molar-refractivity contribution is 6.32. The number of hydrogen-bond acceptors (Lipinski definition) is 3. The van der Waals surface area contributed by atoms with Crippen molar-refractivity contribution in [2.75, 3.05) is 24.1 Å². The van der Waals surface area contributed by atoms with Crippen molar-refractivity contribution in [2.24, 2.45) is 0 Å². The smallest absolute Gasteiger partial charge is 0.0635 e. The van der Waals surface area contributed by atoms with Crippen molar-refractivity contribution in [1.29, 1.82) is 0 Å². The van der Waals surface area contributed by atoms with Crippen LogP contribution in [0.5, 0.6) is 0 Å². The van der Waals surface area contributed by atoms with Crippen LogP contribution in [0.15, 0.2) is 23.8 Å². The molecule has 4 heteroatoms. The number of rotatable bonds is 2. The number of nitrogens with zero attached hydrogens (tertiary/aromatic N) is 1. The molecule has 1 aliphatic heterocycles. The van der Waals surface area contributed by atoms with Gasteiger partial charge < -0.3 is 11.1 Å². The van der Waals surface area contributed by atoms with Crippen LogP contribution in [0.25, 0.3) is 0 Å². The molecule has 1 aromatic carbocycles. The van der Waals surface area contributed by atoms with Crippen LogP contribution in [-0.4, -0.2) is 24.0 Å². The summed E-state index contributed by atoms with van der Waals surface area (Å²) in [5, 5.41) is 4.28. The molecule has 21 heavy (non-hydrogen) atoms. The minimum Gasteiger partial charge on any atom is -0.397 e. The van der Waals surface area contributed by atoms with Crippen LogP contribution in [0.3, 0.4) is 0 Å². The van der Waals surface area contributed by atoms with Crippen molar-refractivity contribution in [2.45, 2.75) is 45.2 Å². The molecule has 1 atom stereocenters. The van der Waals surface area contributed by atoms with Crippen LogP contribution >= 0.6 is 11.6 Å². The van der Waals surface area contributed by atoms with E-state index in [0.717, 1.165) is 41.6 Å². The van der Waals surface area contributed by atoms with E-state index in [1.165, 1.54) is 25.7 Å². The molecule has 2 aliphatic rings. The maximum atomic E-state index is 6.39. The topological polar surface area (TPSA) is 41.3 Å². The number of allylic oxidation sites excluding steroid dienone is 1. The Morgan fingerprint density at radius 2 is 2.14 bits per heavy atom. The van der Waals surface area contributed by atoms with Crippen LogP contribution in [-0.2, 0) is 6.54 Å². The quantitative estimate of drug-likeness (QED) is 0.640. The fourth-order valence-electron chi connectivity index (χ4n) is 3.27. The molecule has 1 aromatic rings. The summed E-state index contributed by atoms with van der Waals surface area (Å²) in [6.45, 7) is 5.02. The van der Waals surface area contributed by atoms with Crippen molar-refractivity contribution < 1.29 is 0 Å². The third-order valence-corrected chi connectivity index (χ3v) is 5.06. The Morgan fingerprint density at radius 1 is 1.38 bits per heavy atom. The third-order valence-electron chi connectivity index (χ3n) is 4.71. The highest BCUT2D eigenvalue weighted by atomic mass is 35.5. The molecule has 1 heterocycles. The molecule has 0 radical (unpaired) electrons. The van der Waals surface area contributed by atoms with Gasteiger partial charge in [-0.05, 0) is 44.7 Å². The number of nitrogen functional groups attached to an aromatic ring is 1. The van der Waals surface area contributed by atoms with Gasteiger partial charge in [-0.1, -0.05) is 23.3 Å². The van der Waals surface area contributed by atoms with Gasteiger partial charge in [0.15, 0.2) is 0 Å². The summed E-state index contributed by atoms with van der Waals surface area (Å²) in [7, 11) is 0. The van der Waals surface area contributed by atoms with Crippen LogP contribution in [0.2, 0.25) is 5.02 Å². The second-order valence-electron chi connectivity index (χ2n) is 6.22. The first-order valence-electron chi connectivity index (χ1n) is 7.88. The lowest BCUT2D eigenvalue weighted by Gasteiger charge is -2.25. The van der Waals surface area contributed by atoms with Gasteiger partial charge in [-0.2, -0.15) is 0 Å². The molecule has 0 unspecified atom stereocenters. The summed E-state index contributed by atoms with van der Waals surface area (Å²) in [4.78, 5) is 2.48. The zero-order valence-electron chi connectivity index (χ0n) is 12.7. The van der Waals surface area contributed by atoms with E-state index < -0.39 is 0 Å². The minimum absolute atomic E-state index is 0.464. The summed E-state index contributed by atoms with van der Waals surface area (Å²) in [5.74, 6) is 0. The van der Waals surface area contributed by atoms with Crippen molar-refractivity contribution in [3.63, 3.8) is 0 Å². The van der Waals surface area contributed by atoms with Crippen molar-refractivity contribution in [1.82, 2.24) is 4.90 Å². The Bertz CT molecular complexity index is 545. The van der Waals surface area contributed by atoms with Gasteiger partial charge in [-0.15, -0.1) is 0 Å². The fraction of sp³-hybridized carbons (Fsp3) is 0.529. The van der Waals surface area contributed by atoms with Gasteiger partial charge in [-0.3, -0.25) is 4.90 Å². The normalized spacial score (nSPS) is 22.6. The Labute approximate surface area is 132 Å². The predicted molar refractivity (Wildman–Crippen MR) is 90.8 cm³/mol. The van der Waals surface area contributed by atoms with Crippen LogP contribution in [0.1, 0.15) is 38.2 Å². The molecule has 0 amide bonds. The lowest BCUT2D eigenvalue weighted by atomic mass is 10.1. The number of benzene rings is 1. The predicted octanol–water partition coefficient (Wildman–Crippen LogP) is 4.04. The number of anilines is 2. The van der Waals surface area contributed by atoms with Gasteiger partial charge in [0.25, 0.3) is 0 Å². The average molecular weight is 306 g/mol. The Hall–Kier alpha value is -1.19. The minimum atomic E-state index is 0.464. The number of nitrogens with two attached hydrogens (primary N) is 1. The second kappa shape index (κ2) is 6.29. The molecule has 3 rings (SSSR count). The van der Waals surface area contributed by atoms with Gasteiger partial charge in [0.1, 0.15) is 0 Å². The molecular weight excluding hydrogens is 282 g/mol. The summed E-state index contributed by atoms with van der Waals surface area (Å²) in [6.07, 6.45) is 7.70. The Balaban J connectivity index is 1.81. The standard InChI is InChI=1S/C17H24ClN3/c1-12-10-20-17-14(15(18)6-7-16(17)19)11-21(12)9-8-13-4-2-3-5-13/h6-8,12,20H,2-5,9-11,19H2,1H3/t12-/m0/s1. The molecule has 0 aromatic heterocycles. The molecule has 0 bridgehead atoms. The molecule has 0 spiro atoms. The van der Waals surface area contributed by atoms with E-state index in [4.69, 9.17) is 17.3 Å². The Kier molecular flexibility index (Phi) is 4.41. The SMILES string of the molecule is C[C@H]1CNc2c(N)ccc(Cl)c2CN1CC=C1CCCC1. The van der Waals surface area contributed by atoms with Crippen molar-refractivity contribution >= 4 is 23.0 Å². The maximum absolute atomic E-state index is 6.39. The number of fused-ring (bicyclic) bond motifs is 1. The molecule has 3 N–H and O–H groups in total. The van der Waals surface area contributed by atoms with Gasteiger partial charge in [0.2, 0.25) is 0 Å². The monoisotopic (exact) mass is 305 g/mol. The first-order chi connectivity index (χ1) is 10.1. The maximum Gasteiger partial charge on any atom is 0.0635 e. The van der Waals surface area contributed by atoms with Gasteiger partial charge in [0, 0.05) is 36.3 Å². The first-order valence-corrected chi connectivity index (χ1v) is 8.25.